The van der Waals surface area contributed by atoms with Crippen molar-refractivity contribution in [2.45, 2.75) is 27.2 Å². The second kappa shape index (κ2) is 3.67. The van der Waals surface area contributed by atoms with Crippen LogP contribution >= 0.6 is 0 Å². The van der Waals surface area contributed by atoms with Crippen LogP contribution in [0.15, 0.2) is 12.2 Å². The van der Waals surface area contributed by atoms with Gasteiger partial charge in [-0.25, -0.2) is 0 Å². The van der Waals surface area contributed by atoms with Crippen LogP contribution in [0.5, 0.6) is 0 Å². The second-order valence-corrected chi connectivity index (χ2v) is 2.96. The van der Waals surface area contributed by atoms with Crippen molar-refractivity contribution < 1.29 is 5.11 Å². The molecule has 0 aromatic heterocycles. The van der Waals surface area contributed by atoms with E-state index in [1.165, 1.54) is 0 Å². The van der Waals surface area contributed by atoms with Crippen LogP contribution in [0.2, 0.25) is 0 Å². The van der Waals surface area contributed by atoms with Gasteiger partial charge in [0.2, 0.25) is 0 Å². The minimum Gasteiger partial charge on any atom is -0.396 e. The molecule has 0 saturated carbocycles. The Balaban J connectivity index is 3.70. The average Bonchev–Trinajstić information content (AvgIpc) is 1.64. The Morgan fingerprint density at radius 2 is 2.00 bits per heavy atom. The van der Waals surface area contributed by atoms with Crippen molar-refractivity contribution in [3.8, 4) is 0 Å². The maximum Gasteiger partial charge on any atom is 0.0439 e. The summed E-state index contributed by atoms with van der Waals surface area (Å²) in [6.45, 7) is 6.50. The summed E-state index contributed by atoms with van der Waals surface area (Å²) in [7, 11) is 0. The van der Waals surface area contributed by atoms with Gasteiger partial charge >= 0.3 is 0 Å². The Morgan fingerprint density at radius 1 is 1.44 bits per heavy atom. The molecule has 0 aliphatic rings. The fourth-order valence-electron chi connectivity index (χ4n) is 0.823. The third-order valence-electron chi connectivity index (χ3n) is 1.37. The molecular formula is C8H16O. The molecule has 1 N–H and O–H groups in total. The number of hydrogen-bond donors (Lipinski definition) is 1. The van der Waals surface area contributed by atoms with Gasteiger partial charge in [-0.3, -0.25) is 0 Å². The van der Waals surface area contributed by atoms with Gasteiger partial charge < -0.3 is 5.11 Å². The number of allylic oxidation sites excluding steroid dienone is 2. The molecule has 0 aromatic carbocycles. The highest BCUT2D eigenvalue weighted by atomic mass is 16.3. The lowest BCUT2D eigenvalue weighted by molar-refractivity contribution is 0.241. The third-order valence-corrected chi connectivity index (χ3v) is 1.37. The van der Waals surface area contributed by atoms with Gasteiger partial charge in [0.05, 0.1) is 0 Å². The quantitative estimate of drug-likeness (QED) is 0.576. The van der Waals surface area contributed by atoms with E-state index < -0.39 is 0 Å². The van der Waals surface area contributed by atoms with E-state index in [9.17, 15) is 0 Å². The molecule has 0 rings (SSSR count). The molecule has 0 fully saturated rings. The van der Waals surface area contributed by atoms with E-state index in [2.05, 4.69) is 19.9 Å². The standard InChI is InChI=1S/C8H16O/c1-4-5-8(2,3)6-7-9/h4-5,9H,6-7H2,1-3H3/b5-4+. The van der Waals surface area contributed by atoms with Crippen LogP contribution in [0.1, 0.15) is 27.2 Å². The van der Waals surface area contributed by atoms with Crippen molar-refractivity contribution in [1.82, 2.24) is 0 Å². The van der Waals surface area contributed by atoms with Crippen LogP contribution in [0.25, 0.3) is 0 Å². The maximum absolute atomic E-state index is 8.59. The Hall–Kier alpha value is -0.300. The smallest absolute Gasteiger partial charge is 0.0439 e. The van der Waals surface area contributed by atoms with E-state index in [4.69, 9.17) is 5.11 Å². The van der Waals surface area contributed by atoms with Gasteiger partial charge in [0, 0.05) is 6.61 Å². The SMILES string of the molecule is C/C=C/C(C)(C)CCO. The first kappa shape index (κ1) is 8.70. The zero-order valence-electron chi connectivity index (χ0n) is 6.52. The molecule has 0 atom stereocenters. The predicted molar refractivity (Wildman–Crippen MR) is 40.3 cm³/mol. The molecule has 9 heavy (non-hydrogen) atoms. The lowest BCUT2D eigenvalue weighted by Gasteiger charge is -2.17. The molecule has 0 aromatic rings. The zero-order valence-corrected chi connectivity index (χ0v) is 6.52. The minimum absolute atomic E-state index is 0.170. The van der Waals surface area contributed by atoms with Crippen molar-refractivity contribution in [1.29, 1.82) is 0 Å². The van der Waals surface area contributed by atoms with E-state index in [-0.39, 0.29) is 12.0 Å². The van der Waals surface area contributed by atoms with Gasteiger partial charge in [0.25, 0.3) is 0 Å². The van der Waals surface area contributed by atoms with Crippen LogP contribution in [-0.2, 0) is 0 Å². The molecule has 0 bridgehead atoms. The summed E-state index contributed by atoms with van der Waals surface area (Å²) < 4.78 is 0. The number of aliphatic hydroxyl groups excluding tert-OH is 1. The Morgan fingerprint density at radius 3 is 2.33 bits per heavy atom. The first-order valence-electron chi connectivity index (χ1n) is 3.37. The number of aliphatic hydroxyl groups is 1. The highest BCUT2D eigenvalue weighted by Crippen LogP contribution is 2.20. The molecule has 0 spiro atoms. The molecule has 1 heteroatoms. The van der Waals surface area contributed by atoms with Gasteiger partial charge in [-0.05, 0) is 18.8 Å². The average molecular weight is 128 g/mol. The molecular weight excluding hydrogens is 112 g/mol. The summed E-state index contributed by atoms with van der Waals surface area (Å²) in [6, 6.07) is 0. The summed E-state index contributed by atoms with van der Waals surface area (Å²) in [5, 5.41) is 8.59. The van der Waals surface area contributed by atoms with Crippen LogP contribution in [-0.4, -0.2) is 11.7 Å². The molecule has 0 unspecified atom stereocenters. The van der Waals surface area contributed by atoms with Crippen LogP contribution < -0.4 is 0 Å². The van der Waals surface area contributed by atoms with E-state index in [1.54, 1.807) is 0 Å². The largest absolute Gasteiger partial charge is 0.396 e. The van der Waals surface area contributed by atoms with Gasteiger partial charge in [0.15, 0.2) is 0 Å². The Labute approximate surface area is 57.4 Å². The van der Waals surface area contributed by atoms with Crippen LogP contribution in [0.3, 0.4) is 0 Å². The van der Waals surface area contributed by atoms with Crippen molar-refractivity contribution >= 4 is 0 Å². The lowest BCUT2D eigenvalue weighted by atomic mass is 9.89. The third kappa shape index (κ3) is 4.22. The van der Waals surface area contributed by atoms with Gasteiger partial charge in [-0.1, -0.05) is 26.0 Å². The highest BCUT2D eigenvalue weighted by molar-refractivity contribution is 4.92. The molecule has 0 aliphatic carbocycles. The highest BCUT2D eigenvalue weighted by Gasteiger charge is 2.10. The molecule has 0 saturated heterocycles. The fraction of sp³-hybridized carbons (Fsp3) is 0.750. The van der Waals surface area contributed by atoms with E-state index in [0.29, 0.717) is 0 Å². The van der Waals surface area contributed by atoms with Crippen molar-refractivity contribution in [2.24, 2.45) is 5.41 Å². The second-order valence-electron chi connectivity index (χ2n) is 2.96. The maximum atomic E-state index is 8.59. The summed E-state index contributed by atoms with van der Waals surface area (Å²) in [4.78, 5) is 0. The normalized spacial score (nSPS) is 12.9. The fourth-order valence-corrected chi connectivity index (χ4v) is 0.823. The van der Waals surface area contributed by atoms with Crippen LogP contribution in [0, 0.1) is 5.41 Å². The summed E-state index contributed by atoms with van der Waals surface area (Å²) in [6.07, 6.45) is 4.98. The summed E-state index contributed by atoms with van der Waals surface area (Å²) in [5.74, 6) is 0. The van der Waals surface area contributed by atoms with E-state index in [1.807, 2.05) is 13.0 Å². The Bertz CT molecular complexity index is 92.7. The first-order valence-corrected chi connectivity index (χ1v) is 3.37. The molecule has 0 aliphatic heterocycles. The monoisotopic (exact) mass is 128 g/mol. The lowest BCUT2D eigenvalue weighted by Crippen LogP contribution is -2.08. The molecule has 1 nitrogen and oxygen atoms in total. The van der Waals surface area contributed by atoms with Gasteiger partial charge in [0.1, 0.15) is 0 Å². The molecule has 0 radical (unpaired) electrons. The zero-order chi connectivity index (χ0) is 7.33. The van der Waals surface area contributed by atoms with Crippen molar-refractivity contribution in [2.75, 3.05) is 6.61 Å². The number of hydrogen-bond acceptors (Lipinski definition) is 1. The first-order chi connectivity index (χ1) is 4.12. The van der Waals surface area contributed by atoms with E-state index in [0.717, 1.165) is 6.42 Å². The van der Waals surface area contributed by atoms with Crippen LogP contribution in [0.4, 0.5) is 0 Å². The number of rotatable bonds is 3. The molecule has 54 valence electrons. The van der Waals surface area contributed by atoms with Gasteiger partial charge in [-0.2, -0.15) is 0 Å². The summed E-state index contributed by atoms with van der Waals surface area (Å²) >= 11 is 0. The van der Waals surface area contributed by atoms with E-state index >= 15 is 0 Å². The van der Waals surface area contributed by atoms with Crippen molar-refractivity contribution in [3.63, 3.8) is 0 Å². The minimum atomic E-state index is 0.170. The van der Waals surface area contributed by atoms with Gasteiger partial charge in [-0.15, -0.1) is 0 Å². The predicted octanol–water partition coefficient (Wildman–Crippen LogP) is 1.97. The summed E-state index contributed by atoms with van der Waals surface area (Å²) in [5.41, 5.74) is 0.170. The Kier molecular flexibility index (Phi) is 3.55. The molecule has 0 heterocycles. The van der Waals surface area contributed by atoms with Crippen molar-refractivity contribution in [3.05, 3.63) is 12.2 Å². The topological polar surface area (TPSA) is 20.2 Å². The molecule has 0 amide bonds.